The summed E-state index contributed by atoms with van der Waals surface area (Å²) in [7, 11) is 0. The van der Waals surface area contributed by atoms with Gasteiger partial charge in [-0.15, -0.1) is 13.2 Å². The molecule has 2 aromatic rings. The van der Waals surface area contributed by atoms with Crippen molar-refractivity contribution in [3.05, 3.63) is 48.9 Å². The van der Waals surface area contributed by atoms with Gasteiger partial charge in [-0.3, -0.25) is 4.90 Å². The van der Waals surface area contributed by atoms with Crippen LogP contribution >= 0.6 is 0 Å². The zero-order valence-electron chi connectivity index (χ0n) is 12.2. The van der Waals surface area contributed by atoms with Gasteiger partial charge in [0.15, 0.2) is 17.5 Å². The summed E-state index contributed by atoms with van der Waals surface area (Å²) in [4.78, 5) is 6.33. The zero-order valence-corrected chi connectivity index (χ0v) is 12.2. The number of pyridine rings is 1. The van der Waals surface area contributed by atoms with E-state index in [2.05, 4.69) is 16.3 Å². The second-order valence-electron chi connectivity index (χ2n) is 4.83. The van der Waals surface area contributed by atoms with E-state index < -0.39 is 6.36 Å². The Balaban J connectivity index is 1.89. The maximum atomic E-state index is 12.2. The number of alkyl halides is 3. The van der Waals surface area contributed by atoms with Crippen molar-refractivity contribution >= 4 is 5.82 Å². The molecule has 0 radical (unpaired) electrons. The van der Waals surface area contributed by atoms with Gasteiger partial charge in [0.1, 0.15) is 5.75 Å². The van der Waals surface area contributed by atoms with Crippen LogP contribution in [0.4, 0.5) is 19.0 Å². The Kier molecular flexibility index (Phi) is 3.63. The number of ether oxygens (including phenoxy) is 2. The number of hydrogen-bond donors (Lipinski definition) is 0. The highest BCUT2D eigenvalue weighted by atomic mass is 19.4. The summed E-state index contributed by atoms with van der Waals surface area (Å²) in [6.45, 7) is 6.41. The predicted octanol–water partition coefficient (Wildman–Crippen LogP) is 4.34. The number of benzene rings is 1. The fraction of sp³-hybridized carbons (Fsp3) is 0.188. The monoisotopic (exact) mass is 322 g/mol. The van der Waals surface area contributed by atoms with Gasteiger partial charge in [0.05, 0.1) is 5.69 Å². The minimum absolute atomic E-state index is 0.269. The average molecular weight is 322 g/mol. The molecule has 0 amide bonds. The zero-order chi connectivity index (χ0) is 16.6. The minimum Gasteiger partial charge on any atom is -0.438 e. The maximum Gasteiger partial charge on any atom is 0.573 e. The van der Waals surface area contributed by atoms with Crippen molar-refractivity contribution < 1.29 is 22.6 Å². The van der Waals surface area contributed by atoms with Gasteiger partial charge in [0.25, 0.3) is 0 Å². The molecule has 0 N–H and O–H groups in total. The van der Waals surface area contributed by atoms with Crippen LogP contribution in [0.15, 0.2) is 48.9 Å². The summed E-state index contributed by atoms with van der Waals surface area (Å²) in [5, 5.41) is 0. The highest BCUT2D eigenvalue weighted by Gasteiger charge is 2.31. The van der Waals surface area contributed by atoms with E-state index in [0.29, 0.717) is 35.3 Å². The molecule has 4 nitrogen and oxygen atoms in total. The van der Waals surface area contributed by atoms with Gasteiger partial charge in [-0.25, -0.2) is 4.98 Å². The molecular formula is C16H13F3N2O2. The van der Waals surface area contributed by atoms with E-state index in [1.54, 1.807) is 12.1 Å². The first kappa shape index (κ1) is 15.2. The molecule has 0 atom stereocenters. The lowest BCUT2D eigenvalue weighted by atomic mass is 10.1. The first-order valence-electron chi connectivity index (χ1n) is 6.89. The van der Waals surface area contributed by atoms with E-state index in [9.17, 15) is 13.2 Å². The van der Waals surface area contributed by atoms with Gasteiger partial charge in [-0.2, -0.15) is 0 Å². The molecule has 1 aliphatic rings. The minimum atomic E-state index is -4.70. The fourth-order valence-corrected chi connectivity index (χ4v) is 2.32. The summed E-state index contributed by atoms with van der Waals surface area (Å²) >= 11 is 0. The lowest BCUT2D eigenvalue weighted by Gasteiger charge is -2.14. The van der Waals surface area contributed by atoms with Crippen LogP contribution in [0.2, 0.25) is 0 Å². The van der Waals surface area contributed by atoms with Crippen LogP contribution in [0.25, 0.3) is 11.3 Å². The normalized spacial score (nSPS) is 13.7. The number of nitrogens with zero attached hydrogens (tertiary/aromatic N) is 2. The van der Waals surface area contributed by atoms with Crippen LogP contribution in [0.1, 0.15) is 6.92 Å². The molecule has 7 heteroatoms. The Morgan fingerprint density at radius 1 is 1.17 bits per heavy atom. The van der Waals surface area contributed by atoms with Crippen LogP contribution < -0.4 is 14.4 Å². The molecule has 23 heavy (non-hydrogen) atoms. The highest BCUT2D eigenvalue weighted by molar-refractivity contribution is 5.69. The maximum absolute atomic E-state index is 12.2. The Morgan fingerprint density at radius 2 is 1.87 bits per heavy atom. The molecule has 0 fully saturated rings. The second-order valence-corrected chi connectivity index (χ2v) is 4.83. The van der Waals surface area contributed by atoms with E-state index in [4.69, 9.17) is 4.74 Å². The van der Waals surface area contributed by atoms with Crippen molar-refractivity contribution in [3.8, 4) is 22.8 Å². The third-order valence-corrected chi connectivity index (χ3v) is 3.32. The standard InChI is InChI=1S/C16H13F3N2O2/c1-3-21-10(2)22-14-9-8-13(20-15(14)21)11-4-6-12(7-5-11)23-16(17,18)19/h4-9H,2-3H2,1H3. The van der Waals surface area contributed by atoms with E-state index in [1.807, 2.05) is 11.8 Å². The molecule has 1 aliphatic heterocycles. The quantitative estimate of drug-likeness (QED) is 0.842. The first-order chi connectivity index (χ1) is 10.9. The summed E-state index contributed by atoms with van der Waals surface area (Å²) < 4.78 is 45.9. The van der Waals surface area contributed by atoms with Crippen molar-refractivity contribution in [1.29, 1.82) is 0 Å². The van der Waals surface area contributed by atoms with E-state index in [-0.39, 0.29) is 5.75 Å². The molecule has 1 aromatic carbocycles. The lowest BCUT2D eigenvalue weighted by Crippen LogP contribution is -2.19. The van der Waals surface area contributed by atoms with Gasteiger partial charge in [0.2, 0.25) is 0 Å². The largest absolute Gasteiger partial charge is 0.573 e. The Hall–Kier alpha value is -2.70. The van der Waals surface area contributed by atoms with Crippen molar-refractivity contribution in [1.82, 2.24) is 4.98 Å². The number of halogens is 3. The number of anilines is 1. The number of rotatable bonds is 3. The molecule has 0 aliphatic carbocycles. The number of fused-ring (bicyclic) bond motifs is 1. The third-order valence-electron chi connectivity index (χ3n) is 3.32. The smallest absolute Gasteiger partial charge is 0.438 e. The van der Waals surface area contributed by atoms with Crippen molar-refractivity contribution in [2.24, 2.45) is 0 Å². The number of aromatic nitrogens is 1. The molecule has 3 rings (SSSR count). The van der Waals surface area contributed by atoms with E-state index >= 15 is 0 Å². The SMILES string of the molecule is C=C1Oc2ccc(-c3ccc(OC(F)(F)F)cc3)nc2N1CC. The summed E-state index contributed by atoms with van der Waals surface area (Å²) in [6, 6.07) is 9.06. The summed E-state index contributed by atoms with van der Waals surface area (Å²) in [5.74, 6) is 1.48. The average Bonchev–Trinajstić information content (AvgIpc) is 2.80. The van der Waals surface area contributed by atoms with Crippen molar-refractivity contribution in [3.63, 3.8) is 0 Å². The second kappa shape index (κ2) is 5.49. The van der Waals surface area contributed by atoms with Gasteiger partial charge in [-0.1, -0.05) is 0 Å². The Morgan fingerprint density at radius 3 is 2.48 bits per heavy atom. The molecule has 0 unspecified atom stereocenters. The first-order valence-corrected chi connectivity index (χ1v) is 6.89. The molecule has 0 saturated heterocycles. The van der Waals surface area contributed by atoms with Gasteiger partial charge in [-0.05, 0) is 49.9 Å². The van der Waals surface area contributed by atoms with Crippen LogP contribution in [-0.2, 0) is 0 Å². The van der Waals surface area contributed by atoms with Gasteiger partial charge < -0.3 is 9.47 Å². The van der Waals surface area contributed by atoms with E-state index in [1.165, 1.54) is 24.3 Å². The van der Waals surface area contributed by atoms with Crippen molar-refractivity contribution in [2.75, 3.05) is 11.4 Å². The van der Waals surface area contributed by atoms with Crippen LogP contribution in [0, 0.1) is 0 Å². The molecule has 120 valence electrons. The van der Waals surface area contributed by atoms with Crippen LogP contribution in [-0.4, -0.2) is 17.9 Å². The highest BCUT2D eigenvalue weighted by Crippen LogP contribution is 2.38. The van der Waals surface area contributed by atoms with Crippen molar-refractivity contribution in [2.45, 2.75) is 13.3 Å². The Labute approximate surface area is 130 Å². The van der Waals surface area contributed by atoms with Crippen LogP contribution in [0.5, 0.6) is 11.5 Å². The van der Waals surface area contributed by atoms with Gasteiger partial charge in [0, 0.05) is 12.1 Å². The summed E-state index contributed by atoms with van der Waals surface area (Å²) in [5.41, 5.74) is 1.30. The topological polar surface area (TPSA) is 34.6 Å². The van der Waals surface area contributed by atoms with E-state index in [0.717, 1.165) is 0 Å². The number of hydrogen-bond acceptors (Lipinski definition) is 4. The van der Waals surface area contributed by atoms with Crippen LogP contribution in [0.3, 0.4) is 0 Å². The molecule has 0 saturated carbocycles. The lowest BCUT2D eigenvalue weighted by molar-refractivity contribution is -0.274. The fourth-order valence-electron chi connectivity index (χ4n) is 2.32. The third kappa shape index (κ3) is 3.08. The Bertz CT molecular complexity index is 742. The summed E-state index contributed by atoms with van der Waals surface area (Å²) in [6.07, 6.45) is -4.70. The van der Waals surface area contributed by atoms with Gasteiger partial charge >= 0.3 is 6.36 Å². The molecule has 2 heterocycles. The molecular weight excluding hydrogens is 309 g/mol. The molecule has 1 aromatic heterocycles. The predicted molar refractivity (Wildman–Crippen MR) is 79.1 cm³/mol. The molecule has 0 spiro atoms. The molecule has 0 bridgehead atoms.